The van der Waals surface area contributed by atoms with Crippen LogP contribution in [0.25, 0.3) is 0 Å². The Kier molecular flexibility index (Phi) is 5.15. The number of Topliss-reactive ketones (excluding diaryl/α,β-unsaturated/α-hetero) is 1. The molecule has 0 aliphatic rings. The Balaban J connectivity index is 2.61. The number of thiol groups is 1. The normalized spacial score (nSPS) is 10.1. The van der Waals surface area contributed by atoms with Crippen molar-refractivity contribution in [1.82, 2.24) is 0 Å². The highest BCUT2D eigenvalue weighted by Crippen LogP contribution is 2.14. The second kappa shape index (κ2) is 6.39. The van der Waals surface area contributed by atoms with E-state index in [9.17, 15) is 14.0 Å². The molecule has 0 saturated carbocycles. The van der Waals surface area contributed by atoms with Crippen molar-refractivity contribution in [2.75, 3.05) is 6.61 Å². The predicted octanol–water partition coefficient (Wildman–Crippen LogP) is 2.64. The van der Waals surface area contributed by atoms with Crippen LogP contribution in [-0.4, -0.2) is 18.4 Å². The van der Waals surface area contributed by atoms with Crippen molar-refractivity contribution in [3.63, 3.8) is 0 Å². The first-order chi connectivity index (χ1) is 8.02. The number of ether oxygens (including phenoxy) is 1. The molecule has 0 bridgehead atoms. The molecule has 0 aromatic heterocycles. The third-order valence-corrected chi connectivity index (χ3v) is 2.32. The van der Waals surface area contributed by atoms with Gasteiger partial charge in [0.15, 0.2) is 5.78 Å². The summed E-state index contributed by atoms with van der Waals surface area (Å²) in [5.74, 6) is -1.24. The number of halogens is 1. The molecule has 0 amide bonds. The topological polar surface area (TPSA) is 43.4 Å². The molecule has 92 valence electrons. The lowest BCUT2D eigenvalue weighted by atomic mass is 10.1. The van der Waals surface area contributed by atoms with Crippen LogP contribution >= 0.6 is 12.6 Å². The van der Waals surface area contributed by atoms with Gasteiger partial charge >= 0.3 is 5.97 Å². The third-order valence-electron chi connectivity index (χ3n) is 2.07. The van der Waals surface area contributed by atoms with Crippen molar-refractivity contribution in [1.29, 1.82) is 0 Å². The van der Waals surface area contributed by atoms with Crippen LogP contribution in [0.1, 0.15) is 30.1 Å². The number of carbonyl (C=O) groups excluding carboxylic acids is 2. The third kappa shape index (κ3) is 4.56. The first-order valence-electron chi connectivity index (χ1n) is 5.21. The summed E-state index contributed by atoms with van der Waals surface area (Å²) in [4.78, 5) is 23.1. The molecule has 0 spiro atoms. The Bertz CT molecular complexity index is 412. The van der Waals surface area contributed by atoms with Crippen LogP contribution in [0, 0.1) is 5.82 Å². The van der Waals surface area contributed by atoms with Crippen molar-refractivity contribution in [3.05, 3.63) is 29.6 Å². The van der Waals surface area contributed by atoms with Crippen molar-refractivity contribution in [2.24, 2.45) is 0 Å². The maximum atomic E-state index is 13.0. The predicted molar refractivity (Wildman–Crippen MR) is 63.8 cm³/mol. The fourth-order valence-corrected chi connectivity index (χ4v) is 1.59. The zero-order chi connectivity index (χ0) is 12.8. The summed E-state index contributed by atoms with van der Waals surface area (Å²) in [6.07, 6.45) is 0.0145. The summed E-state index contributed by atoms with van der Waals surface area (Å²) in [5.41, 5.74) is 0.222. The van der Waals surface area contributed by atoms with Gasteiger partial charge in [-0.15, -0.1) is 12.6 Å². The molecule has 17 heavy (non-hydrogen) atoms. The van der Waals surface area contributed by atoms with E-state index in [2.05, 4.69) is 12.6 Å². The van der Waals surface area contributed by atoms with Crippen LogP contribution in [0.5, 0.6) is 0 Å². The van der Waals surface area contributed by atoms with E-state index in [1.54, 1.807) is 6.92 Å². The molecule has 1 aromatic carbocycles. The van der Waals surface area contributed by atoms with E-state index in [0.717, 1.165) is 6.07 Å². The van der Waals surface area contributed by atoms with Crippen LogP contribution in [0.15, 0.2) is 23.1 Å². The van der Waals surface area contributed by atoms with E-state index in [4.69, 9.17) is 4.74 Å². The maximum absolute atomic E-state index is 13.0. The highest BCUT2D eigenvalue weighted by Gasteiger charge is 2.11. The van der Waals surface area contributed by atoms with Gasteiger partial charge in [-0.1, -0.05) is 0 Å². The molecule has 0 atom stereocenters. The fourth-order valence-electron chi connectivity index (χ4n) is 1.33. The minimum Gasteiger partial charge on any atom is -0.466 e. The van der Waals surface area contributed by atoms with Gasteiger partial charge in [-0.25, -0.2) is 4.39 Å². The number of carbonyl (C=O) groups is 2. The molecular formula is C12H13FO3S. The van der Waals surface area contributed by atoms with Gasteiger partial charge in [-0.3, -0.25) is 9.59 Å². The van der Waals surface area contributed by atoms with Gasteiger partial charge in [0.1, 0.15) is 5.82 Å². The number of hydrogen-bond donors (Lipinski definition) is 1. The first kappa shape index (κ1) is 13.7. The number of hydrogen-bond acceptors (Lipinski definition) is 4. The van der Waals surface area contributed by atoms with E-state index >= 15 is 0 Å². The van der Waals surface area contributed by atoms with Crippen LogP contribution in [-0.2, 0) is 9.53 Å². The largest absolute Gasteiger partial charge is 0.466 e. The van der Waals surface area contributed by atoms with Crippen LogP contribution in [0.2, 0.25) is 0 Å². The Labute approximate surface area is 104 Å². The van der Waals surface area contributed by atoms with Crippen molar-refractivity contribution in [2.45, 2.75) is 24.7 Å². The lowest BCUT2D eigenvalue weighted by Gasteiger charge is -2.03. The molecule has 0 aliphatic carbocycles. The Hall–Kier alpha value is -1.36. The van der Waals surface area contributed by atoms with Gasteiger partial charge < -0.3 is 4.74 Å². The molecule has 0 N–H and O–H groups in total. The molecule has 1 aromatic rings. The first-order valence-corrected chi connectivity index (χ1v) is 5.66. The molecule has 1 rings (SSSR count). The summed E-state index contributed by atoms with van der Waals surface area (Å²) in [5, 5.41) is 0. The van der Waals surface area contributed by atoms with Crippen molar-refractivity contribution < 1.29 is 18.7 Å². The lowest BCUT2D eigenvalue weighted by molar-refractivity contribution is -0.143. The average Bonchev–Trinajstić information content (AvgIpc) is 2.25. The number of rotatable bonds is 5. The summed E-state index contributed by atoms with van der Waals surface area (Å²) < 4.78 is 17.7. The number of ketones is 1. The summed E-state index contributed by atoms with van der Waals surface area (Å²) in [7, 11) is 0. The van der Waals surface area contributed by atoms with E-state index in [-0.39, 0.29) is 30.8 Å². The number of benzene rings is 1. The quantitative estimate of drug-likeness (QED) is 0.500. The monoisotopic (exact) mass is 256 g/mol. The van der Waals surface area contributed by atoms with Gasteiger partial charge in [0.2, 0.25) is 0 Å². The summed E-state index contributed by atoms with van der Waals surface area (Å²) >= 11 is 3.98. The van der Waals surface area contributed by atoms with Gasteiger partial charge in [-0.05, 0) is 25.1 Å². The zero-order valence-electron chi connectivity index (χ0n) is 9.40. The smallest absolute Gasteiger partial charge is 0.306 e. The van der Waals surface area contributed by atoms with Crippen molar-refractivity contribution >= 4 is 24.4 Å². The van der Waals surface area contributed by atoms with Crippen LogP contribution in [0.3, 0.4) is 0 Å². The van der Waals surface area contributed by atoms with Crippen LogP contribution < -0.4 is 0 Å². The molecule has 0 radical (unpaired) electrons. The Morgan fingerprint density at radius 2 is 2.00 bits per heavy atom. The number of esters is 1. The molecule has 5 heteroatoms. The molecular weight excluding hydrogens is 243 g/mol. The Morgan fingerprint density at radius 1 is 1.29 bits per heavy atom. The van der Waals surface area contributed by atoms with E-state index < -0.39 is 11.8 Å². The lowest BCUT2D eigenvalue weighted by Crippen LogP contribution is -2.08. The van der Waals surface area contributed by atoms with Gasteiger partial charge in [-0.2, -0.15) is 0 Å². The minimum absolute atomic E-state index is 0.00505. The van der Waals surface area contributed by atoms with E-state index in [1.165, 1.54) is 12.1 Å². The second-order valence-electron chi connectivity index (χ2n) is 3.43. The van der Waals surface area contributed by atoms with E-state index in [1.807, 2.05) is 0 Å². The molecule has 0 fully saturated rings. The van der Waals surface area contributed by atoms with Gasteiger partial charge in [0, 0.05) is 16.9 Å². The summed E-state index contributed by atoms with van der Waals surface area (Å²) in [6.45, 7) is 1.98. The molecule has 0 unspecified atom stereocenters. The Morgan fingerprint density at radius 3 is 2.59 bits per heavy atom. The highest BCUT2D eigenvalue weighted by atomic mass is 32.1. The minimum atomic E-state index is -0.517. The van der Waals surface area contributed by atoms with Gasteiger partial charge in [0.25, 0.3) is 0 Å². The SMILES string of the molecule is CCOC(=O)CCC(=O)c1cc(F)cc(S)c1. The molecule has 3 nitrogen and oxygen atoms in total. The van der Waals surface area contributed by atoms with Gasteiger partial charge in [0.05, 0.1) is 13.0 Å². The molecule has 0 saturated heterocycles. The average molecular weight is 256 g/mol. The summed E-state index contributed by atoms with van der Waals surface area (Å²) in [6, 6.07) is 3.82. The molecule has 0 heterocycles. The van der Waals surface area contributed by atoms with Crippen LogP contribution in [0.4, 0.5) is 4.39 Å². The second-order valence-corrected chi connectivity index (χ2v) is 3.94. The van der Waals surface area contributed by atoms with Crippen molar-refractivity contribution in [3.8, 4) is 0 Å². The maximum Gasteiger partial charge on any atom is 0.306 e. The standard InChI is InChI=1S/C12H13FO3S/c1-2-16-12(15)4-3-11(14)8-5-9(13)7-10(17)6-8/h5-7,17H,2-4H2,1H3. The molecule has 0 aliphatic heterocycles. The fraction of sp³-hybridized carbons (Fsp3) is 0.333. The van der Waals surface area contributed by atoms with E-state index in [0.29, 0.717) is 4.90 Å². The zero-order valence-corrected chi connectivity index (χ0v) is 10.3. The highest BCUT2D eigenvalue weighted by molar-refractivity contribution is 7.80.